The second kappa shape index (κ2) is 34.5. The molecule has 0 amide bonds. The van der Waals surface area contributed by atoms with Gasteiger partial charge in [-0.05, 0) is 215 Å². The Hall–Kier alpha value is -8.15. The van der Waals surface area contributed by atoms with Crippen molar-refractivity contribution in [1.29, 1.82) is 0 Å². The minimum atomic E-state index is -2.39. The first-order chi connectivity index (χ1) is 50.6. The standard InChI is InChI=1S/5C19H26N/c2*1-14-7-9-17(15(2)11-14)18-10-8-16(13-20(18)6)12-19(3,4)5;2*1-14-9-7-8-10-17(14)18-11-15(2)16(13-20(18)6)12-19(3,4)5;1-6-19(4,7-2)16-12-13-18(20(5)14-16)17-11-9-8-10-15(17)3/h4*7-11,13H,12H2,1-6H3;8-14H,6-7H2,1-5H3/q5*+1/i1D3,12D2;;2D3,12D2;;. The molecule has 5 nitrogen and oxygen atoms in total. The quantitative estimate of drug-likeness (QED) is 0.109. The van der Waals surface area contributed by atoms with Gasteiger partial charge in [0.1, 0.15) is 35.2 Å². The second-order valence-electron chi connectivity index (χ2n) is 32.7. The van der Waals surface area contributed by atoms with E-state index in [9.17, 15) is 0 Å². The largest absolute Gasteiger partial charge is 0.212 e. The Kier molecular flexibility index (Phi) is 22.9. The molecule has 10 rings (SSSR count). The van der Waals surface area contributed by atoms with Gasteiger partial charge in [0, 0.05) is 99.7 Å². The topological polar surface area (TPSA) is 19.4 Å². The average Bonchev–Trinajstić information content (AvgIpc) is 0.785. The number of hydrogen-bond acceptors (Lipinski definition) is 0. The van der Waals surface area contributed by atoms with E-state index in [0.717, 1.165) is 46.5 Å². The number of aromatic nitrogens is 5. The van der Waals surface area contributed by atoms with Crippen molar-refractivity contribution in [3.8, 4) is 56.3 Å². The third-order valence-corrected chi connectivity index (χ3v) is 18.5. The molecule has 0 atom stereocenters. The minimum Gasteiger partial charge on any atom is -0.201 e. The van der Waals surface area contributed by atoms with Gasteiger partial charge in [0.25, 0.3) is 0 Å². The highest BCUT2D eigenvalue weighted by molar-refractivity contribution is 5.65. The summed E-state index contributed by atoms with van der Waals surface area (Å²) >= 11 is 0. The molecule has 5 aromatic heterocycles. The summed E-state index contributed by atoms with van der Waals surface area (Å²) in [4.78, 5) is 0. The third-order valence-electron chi connectivity index (χ3n) is 18.5. The highest BCUT2D eigenvalue weighted by Gasteiger charge is 2.27. The summed E-state index contributed by atoms with van der Waals surface area (Å²) in [6, 6.07) is 53.5. The number of rotatable bonds is 12. The van der Waals surface area contributed by atoms with Gasteiger partial charge in [-0.15, -0.1) is 0 Å². The number of nitrogens with zero attached hydrogens (tertiary/aromatic N) is 5. The summed E-state index contributed by atoms with van der Waals surface area (Å²) in [5.74, 6) is 0. The van der Waals surface area contributed by atoms with Gasteiger partial charge in [0.15, 0.2) is 31.0 Å². The lowest BCUT2D eigenvalue weighted by Gasteiger charge is -2.26. The smallest absolute Gasteiger partial charge is 0.201 e. The summed E-state index contributed by atoms with van der Waals surface area (Å²) in [7, 11) is 10.1. The van der Waals surface area contributed by atoms with Crippen molar-refractivity contribution in [2.24, 2.45) is 56.9 Å². The molecule has 5 heteroatoms. The van der Waals surface area contributed by atoms with E-state index in [-0.39, 0.29) is 16.5 Å². The SMILES string of the molecule is CCC(C)(CC)c1ccc(-c2ccccc2C)[n+](C)c1.Cc1cc(-c2ccccc2C)[n+](C)cc1CC(C)(C)C.Cc1ccc(-c2ccc(CC(C)(C)C)c[n+]2C)c(C)c1.[2H]C([2H])([2H])c1cc(-c2ccccc2C)[n+](C)cc1C([2H])([2H])C(C)(C)C.[2H]C([2H])([2H])c1ccc(-c2ccc(C([2H])([2H])C(C)(C)C)c[n+]2C)c(C)c1. The number of hydrogen-bond donors (Lipinski definition) is 0. The highest BCUT2D eigenvalue weighted by Crippen LogP contribution is 2.33. The maximum atomic E-state index is 8.56. The number of aryl methyl sites for hydroxylation is 14. The molecule has 0 unspecified atom stereocenters. The van der Waals surface area contributed by atoms with Gasteiger partial charge >= 0.3 is 0 Å². The average molecular weight is 1350 g/mol. The van der Waals surface area contributed by atoms with E-state index in [1.807, 2.05) is 107 Å². The van der Waals surface area contributed by atoms with Crippen molar-refractivity contribution < 1.29 is 36.5 Å². The Morgan fingerprint density at radius 3 is 1.10 bits per heavy atom. The predicted octanol–water partition coefficient (Wildman–Crippen LogP) is 22.1. The van der Waals surface area contributed by atoms with E-state index in [2.05, 4.69) is 247 Å². The van der Waals surface area contributed by atoms with Crippen LogP contribution in [0.4, 0.5) is 0 Å². The van der Waals surface area contributed by atoms with Gasteiger partial charge in [-0.3, -0.25) is 0 Å². The minimum absolute atomic E-state index is 0.0729. The molecule has 0 fully saturated rings. The van der Waals surface area contributed by atoms with Crippen LogP contribution in [-0.4, -0.2) is 0 Å². The van der Waals surface area contributed by atoms with Crippen molar-refractivity contribution in [2.45, 2.75) is 210 Å². The molecule has 0 saturated heterocycles. The molecule has 0 aliphatic rings. The number of pyridine rings is 5. The van der Waals surface area contributed by atoms with E-state index < -0.39 is 37.3 Å². The summed E-state index contributed by atoms with van der Waals surface area (Å²) in [6.07, 6.45) is 11.6. The maximum absolute atomic E-state index is 8.56. The Bertz CT molecular complexity index is 4810. The van der Waals surface area contributed by atoms with Gasteiger partial charge in [-0.25, -0.2) is 22.8 Å². The van der Waals surface area contributed by atoms with Crippen LogP contribution in [0.25, 0.3) is 56.3 Å². The highest BCUT2D eigenvalue weighted by atomic mass is 14.9. The van der Waals surface area contributed by atoms with Crippen molar-refractivity contribution in [1.82, 2.24) is 0 Å². The van der Waals surface area contributed by atoms with Crippen LogP contribution < -0.4 is 22.8 Å². The molecule has 0 spiro atoms. The monoisotopic (exact) mass is 1350 g/mol. The molecular weight excluding hydrogens is 1210 g/mol. The van der Waals surface area contributed by atoms with Crippen LogP contribution in [0.3, 0.4) is 0 Å². The molecule has 0 saturated carbocycles. The van der Waals surface area contributed by atoms with Crippen LogP contribution in [0.15, 0.2) is 189 Å². The molecule has 0 N–H and O–H groups in total. The zero-order chi connectivity index (χ0) is 83.0. The van der Waals surface area contributed by atoms with Crippen molar-refractivity contribution >= 4 is 0 Å². The summed E-state index contributed by atoms with van der Waals surface area (Å²) < 4.78 is 90.8. The Balaban J connectivity index is 0.000000216. The molecule has 0 bridgehead atoms. The fourth-order valence-corrected chi connectivity index (χ4v) is 12.8. The lowest BCUT2D eigenvalue weighted by Crippen LogP contribution is -2.34. The lowest BCUT2D eigenvalue weighted by atomic mass is 9.78. The normalized spacial score (nSPS) is 13.7. The second-order valence-corrected chi connectivity index (χ2v) is 32.7. The Labute approximate surface area is 623 Å². The molecule has 5 heterocycles. The van der Waals surface area contributed by atoms with E-state index in [1.54, 1.807) is 45.2 Å². The van der Waals surface area contributed by atoms with E-state index in [4.69, 9.17) is 13.7 Å². The van der Waals surface area contributed by atoms with E-state index in [0.29, 0.717) is 22.0 Å². The van der Waals surface area contributed by atoms with Gasteiger partial charge < -0.3 is 0 Å². The van der Waals surface area contributed by atoms with Crippen LogP contribution in [0.1, 0.15) is 208 Å². The zero-order valence-electron chi connectivity index (χ0n) is 76.5. The summed E-state index contributed by atoms with van der Waals surface area (Å²) in [5.41, 5.74) is 25.2. The lowest BCUT2D eigenvalue weighted by molar-refractivity contribution is -0.661. The molecule has 10 aromatic rings. The van der Waals surface area contributed by atoms with E-state index >= 15 is 0 Å². The van der Waals surface area contributed by atoms with Gasteiger partial charge in [-0.1, -0.05) is 194 Å². The molecular formula is C95H130N5+5. The molecule has 5 aromatic carbocycles. The van der Waals surface area contributed by atoms with Crippen LogP contribution in [0, 0.1) is 83.8 Å². The Morgan fingerprint density at radius 2 is 0.690 bits per heavy atom. The molecule has 0 aliphatic carbocycles. The van der Waals surface area contributed by atoms with E-state index in [1.165, 1.54) is 91.1 Å². The van der Waals surface area contributed by atoms with Crippen molar-refractivity contribution in [3.05, 3.63) is 267 Å². The number of benzene rings is 5. The van der Waals surface area contributed by atoms with Crippen LogP contribution in [-0.2, 0) is 66.2 Å². The van der Waals surface area contributed by atoms with Gasteiger partial charge in [-0.2, -0.15) is 0 Å². The van der Waals surface area contributed by atoms with Crippen LogP contribution >= 0.6 is 0 Å². The first-order valence-corrected chi connectivity index (χ1v) is 36.0. The molecule has 100 heavy (non-hydrogen) atoms. The zero-order valence-corrected chi connectivity index (χ0v) is 66.5. The molecule has 0 radical (unpaired) electrons. The summed E-state index contributed by atoms with van der Waals surface area (Å²) in [5, 5.41) is 0. The third kappa shape index (κ3) is 23.5. The fraction of sp³-hybridized carbons (Fsp3) is 0.421. The Morgan fingerprint density at radius 1 is 0.310 bits per heavy atom. The van der Waals surface area contributed by atoms with Crippen molar-refractivity contribution in [2.75, 3.05) is 0 Å². The predicted molar refractivity (Wildman–Crippen MR) is 428 cm³/mol. The fourth-order valence-electron chi connectivity index (χ4n) is 12.8. The first-order valence-electron chi connectivity index (χ1n) is 41.0. The molecule has 0 aliphatic heterocycles. The maximum Gasteiger partial charge on any atom is 0.212 e. The van der Waals surface area contributed by atoms with Gasteiger partial charge in [0.05, 0.1) is 0 Å². The van der Waals surface area contributed by atoms with Gasteiger partial charge in [0.2, 0.25) is 28.5 Å². The molecule has 530 valence electrons. The van der Waals surface area contributed by atoms with Crippen LogP contribution in [0.5, 0.6) is 0 Å². The summed E-state index contributed by atoms with van der Waals surface area (Å²) in [6.45, 7) is 41.9. The van der Waals surface area contributed by atoms with Crippen molar-refractivity contribution in [3.63, 3.8) is 0 Å². The first kappa shape index (κ1) is 66.4. The van der Waals surface area contributed by atoms with Crippen LogP contribution in [0.2, 0.25) is 0 Å².